The number of H-pyrrole nitrogens is 1. The van der Waals surface area contributed by atoms with E-state index in [4.69, 9.17) is 14.5 Å². The van der Waals surface area contributed by atoms with Gasteiger partial charge < -0.3 is 14.5 Å². The summed E-state index contributed by atoms with van der Waals surface area (Å²) in [5, 5.41) is 0. The molecule has 0 unspecified atom stereocenters. The van der Waals surface area contributed by atoms with Crippen molar-refractivity contribution in [3.63, 3.8) is 0 Å². The predicted octanol–water partition coefficient (Wildman–Crippen LogP) is 3.62. The smallest absolute Gasteiger partial charge is 0.163 e. The van der Waals surface area contributed by atoms with Crippen molar-refractivity contribution in [3.05, 3.63) is 41.5 Å². The molecule has 1 aromatic heterocycles. The van der Waals surface area contributed by atoms with Crippen LogP contribution in [0.3, 0.4) is 0 Å². The summed E-state index contributed by atoms with van der Waals surface area (Å²) in [5.41, 5.74) is 5.46. The largest absolute Gasteiger partial charge is 0.486 e. The van der Waals surface area contributed by atoms with Crippen LogP contribution in [0.2, 0.25) is 0 Å². The number of hydrogen-bond donors (Lipinski definition) is 1. The first-order valence-electron chi connectivity index (χ1n) is 7.08. The molecule has 0 fully saturated rings. The Kier molecular flexibility index (Phi) is 2.64. The van der Waals surface area contributed by atoms with Crippen molar-refractivity contribution >= 4 is 11.0 Å². The molecule has 1 aliphatic heterocycles. The second-order valence-electron chi connectivity index (χ2n) is 5.37. The van der Waals surface area contributed by atoms with Gasteiger partial charge in [0, 0.05) is 17.7 Å². The first-order chi connectivity index (χ1) is 10.2. The molecule has 0 aliphatic carbocycles. The van der Waals surface area contributed by atoms with Gasteiger partial charge in [-0.2, -0.15) is 0 Å². The number of ether oxygens (including phenoxy) is 2. The molecule has 2 heterocycles. The minimum atomic E-state index is 0.590. The summed E-state index contributed by atoms with van der Waals surface area (Å²) in [6.45, 7) is 5.39. The van der Waals surface area contributed by atoms with Crippen LogP contribution in [0.1, 0.15) is 11.1 Å². The van der Waals surface area contributed by atoms with Gasteiger partial charge in [-0.1, -0.05) is 18.2 Å². The molecule has 1 N–H and O–H groups in total. The van der Waals surface area contributed by atoms with Crippen molar-refractivity contribution in [3.8, 4) is 22.9 Å². The number of imidazole rings is 1. The molecule has 4 rings (SSSR count). The van der Waals surface area contributed by atoms with E-state index in [1.165, 1.54) is 11.1 Å². The van der Waals surface area contributed by atoms with E-state index >= 15 is 0 Å². The molecular weight excluding hydrogens is 264 g/mol. The topological polar surface area (TPSA) is 47.1 Å². The standard InChI is InChI=1S/C17H16N2O2/c1-10-4-3-5-11(2)16(10)17-18-12-8-14-15(9-13(12)19-17)21-7-6-20-14/h3-5,8-9H,6-7H2,1-2H3,(H,18,19). The summed E-state index contributed by atoms with van der Waals surface area (Å²) in [6, 6.07) is 10.2. The van der Waals surface area contributed by atoms with Crippen molar-refractivity contribution in [1.82, 2.24) is 9.97 Å². The Morgan fingerprint density at radius 3 is 2.38 bits per heavy atom. The van der Waals surface area contributed by atoms with Crippen LogP contribution >= 0.6 is 0 Å². The number of aromatic nitrogens is 2. The highest BCUT2D eigenvalue weighted by atomic mass is 16.6. The maximum Gasteiger partial charge on any atom is 0.163 e. The van der Waals surface area contributed by atoms with E-state index in [1.54, 1.807) is 0 Å². The Morgan fingerprint density at radius 1 is 1.00 bits per heavy atom. The number of aromatic amines is 1. The lowest BCUT2D eigenvalue weighted by Gasteiger charge is -2.17. The van der Waals surface area contributed by atoms with Crippen molar-refractivity contribution < 1.29 is 9.47 Å². The quantitative estimate of drug-likeness (QED) is 0.740. The molecule has 106 valence electrons. The van der Waals surface area contributed by atoms with Gasteiger partial charge in [-0.05, 0) is 25.0 Å². The molecule has 1 aliphatic rings. The van der Waals surface area contributed by atoms with E-state index < -0.39 is 0 Å². The molecule has 0 bridgehead atoms. The summed E-state index contributed by atoms with van der Waals surface area (Å²) >= 11 is 0. The van der Waals surface area contributed by atoms with Gasteiger partial charge in [-0.15, -0.1) is 0 Å². The molecule has 0 saturated heterocycles. The van der Waals surface area contributed by atoms with E-state index in [0.717, 1.165) is 33.9 Å². The molecule has 21 heavy (non-hydrogen) atoms. The highest BCUT2D eigenvalue weighted by Gasteiger charge is 2.16. The van der Waals surface area contributed by atoms with Gasteiger partial charge in [-0.3, -0.25) is 0 Å². The van der Waals surface area contributed by atoms with Crippen LogP contribution in [0, 0.1) is 13.8 Å². The molecule has 0 spiro atoms. The molecular formula is C17H16N2O2. The maximum absolute atomic E-state index is 5.62. The van der Waals surface area contributed by atoms with Gasteiger partial charge in [0.25, 0.3) is 0 Å². The van der Waals surface area contributed by atoms with Gasteiger partial charge in [-0.25, -0.2) is 4.98 Å². The fourth-order valence-corrected chi connectivity index (χ4v) is 2.85. The molecule has 0 radical (unpaired) electrons. The van der Waals surface area contributed by atoms with Crippen molar-refractivity contribution in [2.75, 3.05) is 13.2 Å². The lowest BCUT2D eigenvalue weighted by molar-refractivity contribution is 0.172. The van der Waals surface area contributed by atoms with E-state index in [1.807, 2.05) is 12.1 Å². The summed E-state index contributed by atoms with van der Waals surface area (Å²) < 4.78 is 11.2. The lowest BCUT2D eigenvalue weighted by atomic mass is 10.0. The highest BCUT2D eigenvalue weighted by molar-refractivity contribution is 5.84. The average Bonchev–Trinajstić information content (AvgIpc) is 2.86. The van der Waals surface area contributed by atoms with E-state index in [2.05, 4.69) is 37.0 Å². The van der Waals surface area contributed by atoms with Gasteiger partial charge in [0.05, 0.1) is 11.0 Å². The third-order valence-electron chi connectivity index (χ3n) is 3.86. The zero-order chi connectivity index (χ0) is 14.4. The molecule has 0 saturated carbocycles. The first kappa shape index (κ1) is 12.3. The molecule has 4 heteroatoms. The van der Waals surface area contributed by atoms with E-state index in [-0.39, 0.29) is 0 Å². The van der Waals surface area contributed by atoms with Crippen molar-refractivity contribution in [2.45, 2.75) is 13.8 Å². The zero-order valence-corrected chi connectivity index (χ0v) is 12.1. The molecule has 3 aromatic rings. The Labute approximate surface area is 122 Å². The van der Waals surface area contributed by atoms with Gasteiger partial charge in [0.2, 0.25) is 0 Å². The minimum Gasteiger partial charge on any atom is -0.486 e. The van der Waals surface area contributed by atoms with Crippen LogP contribution in [0.25, 0.3) is 22.4 Å². The summed E-state index contributed by atoms with van der Waals surface area (Å²) in [4.78, 5) is 8.12. The molecule has 0 amide bonds. The Hall–Kier alpha value is -2.49. The van der Waals surface area contributed by atoms with Crippen LogP contribution in [-0.2, 0) is 0 Å². The number of nitrogens with one attached hydrogen (secondary N) is 1. The fourth-order valence-electron chi connectivity index (χ4n) is 2.85. The summed E-state index contributed by atoms with van der Waals surface area (Å²) in [7, 11) is 0. The summed E-state index contributed by atoms with van der Waals surface area (Å²) in [6.07, 6.45) is 0. The SMILES string of the molecule is Cc1cccc(C)c1-c1nc2cc3c(cc2[nH]1)OCCO3. The monoisotopic (exact) mass is 280 g/mol. The van der Waals surface area contributed by atoms with Crippen LogP contribution in [0.5, 0.6) is 11.5 Å². The second-order valence-corrected chi connectivity index (χ2v) is 5.37. The second kappa shape index (κ2) is 4.52. The normalized spacial score (nSPS) is 13.6. The van der Waals surface area contributed by atoms with Crippen LogP contribution in [0.4, 0.5) is 0 Å². The average molecular weight is 280 g/mol. The minimum absolute atomic E-state index is 0.590. The summed E-state index contributed by atoms with van der Waals surface area (Å²) in [5.74, 6) is 2.45. The van der Waals surface area contributed by atoms with Crippen LogP contribution in [0.15, 0.2) is 30.3 Å². The first-order valence-corrected chi connectivity index (χ1v) is 7.08. The number of rotatable bonds is 1. The molecule has 2 aromatic carbocycles. The fraction of sp³-hybridized carbons (Fsp3) is 0.235. The number of nitrogens with zero attached hydrogens (tertiary/aromatic N) is 1. The van der Waals surface area contributed by atoms with Crippen LogP contribution < -0.4 is 9.47 Å². The zero-order valence-electron chi connectivity index (χ0n) is 12.1. The lowest BCUT2D eigenvalue weighted by Crippen LogP contribution is -2.15. The number of aryl methyl sites for hydroxylation is 2. The highest BCUT2D eigenvalue weighted by Crippen LogP contribution is 2.35. The Morgan fingerprint density at radius 2 is 1.67 bits per heavy atom. The number of fused-ring (bicyclic) bond motifs is 2. The Balaban J connectivity index is 1.91. The van der Waals surface area contributed by atoms with E-state index in [9.17, 15) is 0 Å². The predicted molar refractivity (Wildman–Crippen MR) is 82.0 cm³/mol. The van der Waals surface area contributed by atoms with Gasteiger partial charge >= 0.3 is 0 Å². The van der Waals surface area contributed by atoms with Gasteiger partial charge in [0.15, 0.2) is 11.5 Å². The van der Waals surface area contributed by atoms with Crippen LogP contribution in [-0.4, -0.2) is 23.2 Å². The third-order valence-corrected chi connectivity index (χ3v) is 3.86. The Bertz CT molecular complexity index is 773. The van der Waals surface area contributed by atoms with Crippen molar-refractivity contribution in [1.29, 1.82) is 0 Å². The van der Waals surface area contributed by atoms with Crippen molar-refractivity contribution in [2.24, 2.45) is 0 Å². The molecule has 0 atom stereocenters. The third kappa shape index (κ3) is 1.95. The maximum atomic E-state index is 5.62. The van der Waals surface area contributed by atoms with E-state index in [0.29, 0.717) is 13.2 Å². The number of hydrogen-bond acceptors (Lipinski definition) is 3. The molecule has 4 nitrogen and oxygen atoms in total. The number of benzene rings is 2. The van der Waals surface area contributed by atoms with Gasteiger partial charge in [0.1, 0.15) is 19.0 Å².